The number of hydrogen-bond acceptors (Lipinski definition) is 2. The van der Waals surface area contributed by atoms with Crippen LogP contribution in [-0.2, 0) is 11.3 Å². The Labute approximate surface area is 126 Å². The average molecular weight is 285 g/mol. The molecule has 1 heterocycles. The highest BCUT2D eigenvalue weighted by Gasteiger charge is 2.38. The number of ether oxygens (including phenoxy) is 1. The monoisotopic (exact) mass is 285 g/mol. The number of carbonyl (C=O) groups is 1. The first kappa shape index (κ1) is 14.2. The van der Waals surface area contributed by atoms with E-state index in [1.54, 1.807) is 0 Å². The van der Waals surface area contributed by atoms with E-state index >= 15 is 0 Å². The lowest BCUT2D eigenvalue weighted by Crippen LogP contribution is -2.48. The van der Waals surface area contributed by atoms with Crippen molar-refractivity contribution in [1.82, 2.24) is 4.90 Å². The van der Waals surface area contributed by atoms with E-state index in [0.29, 0.717) is 12.5 Å². The number of nitrogens with zero attached hydrogens (tertiary/aromatic N) is 1. The molecule has 1 aromatic rings. The number of fused-ring (bicyclic) bond motifs is 3. The third-order valence-corrected chi connectivity index (χ3v) is 4.17. The zero-order valence-corrected chi connectivity index (χ0v) is 13.0. The lowest BCUT2D eigenvalue weighted by atomic mass is 9.79. The van der Waals surface area contributed by atoms with Crippen LogP contribution in [0.2, 0.25) is 0 Å². The van der Waals surface area contributed by atoms with Crippen molar-refractivity contribution in [3.63, 3.8) is 0 Å². The molecule has 2 aliphatic rings. The minimum atomic E-state index is -0.450. The van der Waals surface area contributed by atoms with E-state index in [1.807, 2.05) is 31.7 Å². The standard InChI is InChI=1S/C18H23NO2/c1-18(2,3)21-17(20)19-12-13-8-4-5-9-14(13)15-10-6-7-11-16(15)19/h4-6,8-10,15-16H,7,11-12H2,1-3H3. The molecule has 2 unspecified atom stereocenters. The molecule has 1 aliphatic carbocycles. The zero-order valence-electron chi connectivity index (χ0n) is 13.0. The second-order valence-corrected chi connectivity index (χ2v) is 6.91. The van der Waals surface area contributed by atoms with E-state index in [2.05, 4.69) is 30.4 Å². The smallest absolute Gasteiger partial charge is 0.410 e. The highest BCUT2D eigenvalue weighted by Crippen LogP contribution is 2.39. The van der Waals surface area contributed by atoms with Crippen LogP contribution < -0.4 is 0 Å². The van der Waals surface area contributed by atoms with E-state index in [4.69, 9.17) is 4.74 Å². The maximum atomic E-state index is 12.6. The van der Waals surface area contributed by atoms with Crippen molar-refractivity contribution in [2.45, 2.75) is 57.7 Å². The molecule has 0 saturated heterocycles. The molecule has 3 rings (SSSR count). The van der Waals surface area contributed by atoms with Gasteiger partial charge < -0.3 is 4.74 Å². The van der Waals surface area contributed by atoms with Gasteiger partial charge in [0, 0.05) is 18.5 Å². The topological polar surface area (TPSA) is 29.5 Å². The normalized spacial score (nSPS) is 24.2. The quantitative estimate of drug-likeness (QED) is 0.667. The molecule has 112 valence electrons. The van der Waals surface area contributed by atoms with Gasteiger partial charge >= 0.3 is 6.09 Å². The first-order valence-corrected chi connectivity index (χ1v) is 7.70. The molecular formula is C18H23NO2. The van der Waals surface area contributed by atoms with Crippen LogP contribution in [-0.4, -0.2) is 22.6 Å². The van der Waals surface area contributed by atoms with Gasteiger partial charge in [0.1, 0.15) is 5.60 Å². The van der Waals surface area contributed by atoms with Crippen molar-refractivity contribution in [3.8, 4) is 0 Å². The van der Waals surface area contributed by atoms with Gasteiger partial charge in [0.15, 0.2) is 0 Å². The summed E-state index contributed by atoms with van der Waals surface area (Å²) in [5.41, 5.74) is 2.14. The summed E-state index contributed by atoms with van der Waals surface area (Å²) < 4.78 is 5.60. The Balaban J connectivity index is 1.93. The highest BCUT2D eigenvalue weighted by atomic mass is 16.6. The molecule has 21 heavy (non-hydrogen) atoms. The molecule has 0 fully saturated rings. The Morgan fingerprint density at radius 3 is 2.81 bits per heavy atom. The van der Waals surface area contributed by atoms with Crippen LogP contribution in [0.1, 0.15) is 50.7 Å². The van der Waals surface area contributed by atoms with Crippen molar-refractivity contribution < 1.29 is 9.53 Å². The third kappa shape index (κ3) is 2.82. The van der Waals surface area contributed by atoms with Crippen molar-refractivity contribution in [2.75, 3.05) is 0 Å². The molecule has 2 atom stereocenters. The van der Waals surface area contributed by atoms with Gasteiger partial charge in [-0.15, -0.1) is 0 Å². The summed E-state index contributed by atoms with van der Waals surface area (Å²) in [5.74, 6) is 0.302. The first-order chi connectivity index (χ1) is 9.96. The lowest BCUT2D eigenvalue weighted by molar-refractivity contribution is 0.00864. The highest BCUT2D eigenvalue weighted by molar-refractivity contribution is 5.70. The summed E-state index contributed by atoms with van der Waals surface area (Å²) in [6.45, 7) is 6.41. The maximum Gasteiger partial charge on any atom is 0.410 e. The Morgan fingerprint density at radius 1 is 1.29 bits per heavy atom. The minimum absolute atomic E-state index is 0.192. The lowest BCUT2D eigenvalue weighted by Gasteiger charge is -2.43. The van der Waals surface area contributed by atoms with Crippen molar-refractivity contribution in [1.29, 1.82) is 0 Å². The van der Waals surface area contributed by atoms with Crippen LogP contribution in [0.15, 0.2) is 36.4 Å². The predicted octanol–water partition coefficient (Wildman–Crippen LogP) is 4.24. The van der Waals surface area contributed by atoms with Crippen LogP contribution in [0.25, 0.3) is 0 Å². The van der Waals surface area contributed by atoms with Crippen LogP contribution in [0.3, 0.4) is 0 Å². The molecule has 0 spiro atoms. The van der Waals surface area contributed by atoms with Gasteiger partial charge in [-0.1, -0.05) is 36.4 Å². The van der Waals surface area contributed by atoms with Gasteiger partial charge in [0.2, 0.25) is 0 Å². The third-order valence-electron chi connectivity index (χ3n) is 4.17. The Bertz CT molecular complexity index is 571. The average Bonchev–Trinajstić information content (AvgIpc) is 2.44. The van der Waals surface area contributed by atoms with Crippen molar-refractivity contribution in [3.05, 3.63) is 47.5 Å². The van der Waals surface area contributed by atoms with Gasteiger partial charge in [-0.25, -0.2) is 4.79 Å². The summed E-state index contributed by atoms with van der Waals surface area (Å²) in [4.78, 5) is 14.5. The van der Waals surface area contributed by atoms with E-state index in [-0.39, 0.29) is 12.1 Å². The molecule has 0 saturated carbocycles. The van der Waals surface area contributed by atoms with E-state index < -0.39 is 5.60 Å². The van der Waals surface area contributed by atoms with Crippen molar-refractivity contribution >= 4 is 6.09 Å². The summed E-state index contributed by atoms with van der Waals surface area (Å²) in [7, 11) is 0. The van der Waals surface area contributed by atoms with Gasteiger partial charge in [0.25, 0.3) is 0 Å². The second-order valence-electron chi connectivity index (χ2n) is 6.91. The molecule has 0 aromatic heterocycles. The predicted molar refractivity (Wildman–Crippen MR) is 83.1 cm³/mol. The summed E-state index contributed by atoms with van der Waals surface area (Å²) in [6.07, 6.45) is 6.33. The van der Waals surface area contributed by atoms with E-state index in [0.717, 1.165) is 12.8 Å². The van der Waals surface area contributed by atoms with Gasteiger partial charge in [-0.3, -0.25) is 4.90 Å². The number of carbonyl (C=O) groups excluding carboxylic acids is 1. The summed E-state index contributed by atoms with van der Waals surface area (Å²) in [6, 6.07) is 8.65. The largest absolute Gasteiger partial charge is 0.444 e. The second kappa shape index (κ2) is 5.21. The molecule has 3 heteroatoms. The van der Waals surface area contributed by atoms with E-state index in [9.17, 15) is 4.79 Å². The Morgan fingerprint density at radius 2 is 2.05 bits per heavy atom. The summed E-state index contributed by atoms with van der Waals surface area (Å²) in [5, 5.41) is 0. The van der Waals surface area contributed by atoms with Crippen LogP contribution in [0.4, 0.5) is 4.79 Å². The fourth-order valence-corrected chi connectivity index (χ4v) is 3.30. The van der Waals surface area contributed by atoms with Crippen LogP contribution in [0.5, 0.6) is 0 Å². The van der Waals surface area contributed by atoms with Gasteiger partial charge in [-0.2, -0.15) is 0 Å². The van der Waals surface area contributed by atoms with E-state index in [1.165, 1.54) is 11.1 Å². The van der Waals surface area contributed by atoms with Crippen LogP contribution in [0, 0.1) is 0 Å². The molecule has 1 aromatic carbocycles. The first-order valence-electron chi connectivity index (χ1n) is 7.70. The van der Waals surface area contributed by atoms with Crippen molar-refractivity contribution in [2.24, 2.45) is 0 Å². The molecule has 3 nitrogen and oxygen atoms in total. The Hall–Kier alpha value is -1.77. The minimum Gasteiger partial charge on any atom is -0.444 e. The number of allylic oxidation sites excluding steroid dienone is 1. The molecule has 0 N–H and O–H groups in total. The molecule has 0 bridgehead atoms. The fourth-order valence-electron chi connectivity index (χ4n) is 3.30. The van der Waals surface area contributed by atoms with Gasteiger partial charge in [-0.05, 0) is 44.7 Å². The number of amides is 1. The number of rotatable bonds is 0. The molecule has 1 aliphatic heterocycles. The van der Waals surface area contributed by atoms with Crippen LogP contribution >= 0.6 is 0 Å². The van der Waals surface area contributed by atoms with Gasteiger partial charge in [0.05, 0.1) is 0 Å². The maximum absolute atomic E-state index is 12.6. The molecule has 1 amide bonds. The molecule has 0 radical (unpaired) electrons. The Kier molecular flexibility index (Phi) is 3.52. The number of hydrogen-bond donors (Lipinski definition) is 0. The SMILES string of the molecule is CC(C)(C)OC(=O)N1Cc2ccccc2C2C=CCCC21. The fraction of sp³-hybridized carbons (Fsp3) is 0.500. The molecular weight excluding hydrogens is 262 g/mol. The zero-order chi connectivity index (χ0) is 15.0. The number of benzene rings is 1. The summed E-state index contributed by atoms with van der Waals surface area (Å²) >= 11 is 0.